The maximum absolute atomic E-state index is 5.89. The lowest BCUT2D eigenvalue weighted by Crippen LogP contribution is -2.18. The number of hydrogen-bond acceptors (Lipinski definition) is 4. The molecule has 0 spiro atoms. The largest absolute Gasteiger partial charge is 0.499 e. The van der Waals surface area contributed by atoms with Crippen LogP contribution in [0, 0.1) is 0 Å². The van der Waals surface area contributed by atoms with Gasteiger partial charge < -0.3 is 18.9 Å². The summed E-state index contributed by atoms with van der Waals surface area (Å²) in [6.07, 6.45) is 9.19. The molecular formula is C29H40O4. The van der Waals surface area contributed by atoms with Crippen LogP contribution in [-0.2, 0) is 14.9 Å². The van der Waals surface area contributed by atoms with Gasteiger partial charge >= 0.3 is 0 Å². The van der Waals surface area contributed by atoms with Crippen molar-refractivity contribution in [2.45, 2.75) is 72.0 Å². The zero-order valence-corrected chi connectivity index (χ0v) is 21.0. The van der Waals surface area contributed by atoms with Gasteiger partial charge in [-0.1, -0.05) is 50.3 Å². The third-order valence-electron chi connectivity index (χ3n) is 5.63. The Hall–Kier alpha value is -2.88. The zero-order chi connectivity index (χ0) is 24.1. The van der Waals surface area contributed by atoms with Gasteiger partial charge in [-0.2, -0.15) is 0 Å². The van der Waals surface area contributed by atoms with Gasteiger partial charge in [0, 0.05) is 18.3 Å². The van der Waals surface area contributed by atoms with E-state index in [4.69, 9.17) is 18.9 Å². The van der Waals surface area contributed by atoms with Crippen molar-refractivity contribution >= 4 is 0 Å². The van der Waals surface area contributed by atoms with Crippen molar-refractivity contribution in [2.24, 2.45) is 0 Å². The summed E-state index contributed by atoms with van der Waals surface area (Å²) in [5, 5.41) is 0. The highest BCUT2D eigenvalue weighted by atomic mass is 16.5. The van der Waals surface area contributed by atoms with Gasteiger partial charge in [-0.25, -0.2) is 0 Å². The van der Waals surface area contributed by atoms with Gasteiger partial charge in [0.05, 0.1) is 37.9 Å². The Morgan fingerprint density at radius 1 is 0.667 bits per heavy atom. The van der Waals surface area contributed by atoms with Crippen molar-refractivity contribution in [3.8, 4) is 11.5 Å². The molecule has 2 rings (SSSR count). The third-order valence-corrected chi connectivity index (χ3v) is 5.63. The molecule has 0 aliphatic carbocycles. The average molecular weight is 453 g/mol. The predicted octanol–water partition coefficient (Wildman–Crippen LogP) is 7.43. The predicted molar refractivity (Wildman–Crippen MR) is 136 cm³/mol. The number of rotatable bonds is 14. The van der Waals surface area contributed by atoms with Crippen molar-refractivity contribution in [1.82, 2.24) is 0 Å². The molecule has 2 unspecified atom stereocenters. The molecule has 0 heterocycles. The summed E-state index contributed by atoms with van der Waals surface area (Å²) in [6.45, 7) is 13.7. The fourth-order valence-corrected chi connectivity index (χ4v) is 3.35. The van der Waals surface area contributed by atoms with Gasteiger partial charge in [0.25, 0.3) is 0 Å². The van der Waals surface area contributed by atoms with Crippen LogP contribution in [-0.4, -0.2) is 25.4 Å². The number of benzene rings is 2. The molecule has 4 heteroatoms. The van der Waals surface area contributed by atoms with E-state index in [1.165, 1.54) is 11.1 Å². The highest BCUT2D eigenvalue weighted by molar-refractivity contribution is 5.41. The molecule has 0 amide bonds. The van der Waals surface area contributed by atoms with Crippen molar-refractivity contribution in [3.05, 3.63) is 84.3 Å². The summed E-state index contributed by atoms with van der Waals surface area (Å²) in [6, 6.07) is 16.8. The lowest BCUT2D eigenvalue weighted by Gasteiger charge is -2.26. The standard InChI is InChI=1S/C29H40O4/c1-7-19-30-23(3)17-21-32-27-13-9-25(10-14-27)29(5,6)26-11-15-28(16-12-26)33-22-18-24(4)31-20-8-2/h7-16,19-20,23-24H,17-18,21-22H2,1-6H3. The topological polar surface area (TPSA) is 36.9 Å². The Bertz CT molecular complexity index is 779. The Balaban J connectivity index is 1.88. The highest BCUT2D eigenvalue weighted by Gasteiger charge is 2.23. The minimum absolute atomic E-state index is 0.124. The summed E-state index contributed by atoms with van der Waals surface area (Å²) in [4.78, 5) is 0. The fraction of sp³-hybridized carbons (Fsp3) is 0.448. The van der Waals surface area contributed by atoms with Gasteiger partial charge in [0.15, 0.2) is 0 Å². The summed E-state index contributed by atoms with van der Waals surface area (Å²) >= 11 is 0. The van der Waals surface area contributed by atoms with Crippen LogP contribution in [0.5, 0.6) is 11.5 Å². The molecule has 2 aromatic rings. The van der Waals surface area contributed by atoms with Gasteiger partial charge in [0.1, 0.15) is 11.5 Å². The molecule has 0 saturated carbocycles. The monoisotopic (exact) mass is 452 g/mol. The molecule has 0 aliphatic heterocycles. The third kappa shape index (κ3) is 8.88. The normalized spacial score (nSPS) is 13.8. The summed E-state index contributed by atoms with van der Waals surface area (Å²) < 4.78 is 22.8. The van der Waals surface area contributed by atoms with Crippen molar-refractivity contribution < 1.29 is 18.9 Å². The van der Waals surface area contributed by atoms with E-state index >= 15 is 0 Å². The minimum atomic E-state index is -0.124. The van der Waals surface area contributed by atoms with E-state index in [9.17, 15) is 0 Å². The first-order valence-corrected chi connectivity index (χ1v) is 11.9. The Morgan fingerprint density at radius 2 is 1.03 bits per heavy atom. The van der Waals surface area contributed by atoms with E-state index in [-0.39, 0.29) is 17.6 Å². The SMILES string of the molecule is CC=COC(C)CCOc1ccc(C(C)(C)c2ccc(OCCC(C)OC=CC)cc2)cc1. The molecule has 0 aliphatic rings. The second-order valence-corrected chi connectivity index (χ2v) is 8.78. The Kier molecular flexibility index (Phi) is 10.9. The van der Waals surface area contributed by atoms with Crippen molar-refractivity contribution in [3.63, 3.8) is 0 Å². The van der Waals surface area contributed by atoms with Crippen molar-refractivity contribution in [2.75, 3.05) is 13.2 Å². The fourth-order valence-electron chi connectivity index (χ4n) is 3.35. The van der Waals surface area contributed by atoms with Crippen LogP contribution in [0.2, 0.25) is 0 Å². The Morgan fingerprint density at radius 3 is 1.36 bits per heavy atom. The van der Waals surface area contributed by atoms with Gasteiger partial charge in [-0.15, -0.1) is 0 Å². The van der Waals surface area contributed by atoms with E-state index in [0.717, 1.165) is 24.3 Å². The minimum Gasteiger partial charge on any atom is -0.499 e. The van der Waals surface area contributed by atoms with Gasteiger partial charge in [0.2, 0.25) is 0 Å². The zero-order valence-electron chi connectivity index (χ0n) is 21.0. The Labute approximate surface area is 200 Å². The summed E-state index contributed by atoms with van der Waals surface area (Å²) in [5.41, 5.74) is 2.35. The van der Waals surface area contributed by atoms with E-state index in [1.54, 1.807) is 12.5 Å². The molecule has 0 N–H and O–H groups in total. The first kappa shape index (κ1) is 26.4. The number of ether oxygens (including phenoxy) is 4. The van der Waals surface area contributed by atoms with Crippen LogP contribution in [0.25, 0.3) is 0 Å². The number of allylic oxidation sites excluding steroid dienone is 2. The maximum atomic E-state index is 5.89. The quantitative estimate of drug-likeness (QED) is 0.279. The lowest BCUT2D eigenvalue weighted by atomic mass is 9.78. The molecule has 33 heavy (non-hydrogen) atoms. The summed E-state index contributed by atoms with van der Waals surface area (Å²) in [5.74, 6) is 1.76. The van der Waals surface area contributed by atoms with Crippen molar-refractivity contribution in [1.29, 1.82) is 0 Å². The van der Waals surface area contributed by atoms with Crippen LogP contribution >= 0.6 is 0 Å². The highest BCUT2D eigenvalue weighted by Crippen LogP contribution is 2.33. The second-order valence-electron chi connectivity index (χ2n) is 8.78. The molecule has 0 bridgehead atoms. The van der Waals surface area contributed by atoms with Gasteiger partial charge in [-0.3, -0.25) is 0 Å². The molecule has 180 valence electrons. The van der Waals surface area contributed by atoms with E-state index in [0.29, 0.717) is 13.2 Å². The molecule has 2 atom stereocenters. The first-order chi connectivity index (χ1) is 15.9. The van der Waals surface area contributed by atoms with E-state index in [1.807, 2.05) is 64.1 Å². The first-order valence-electron chi connectivity index (χ1n) is 11.9. The van der Waals surface area contributed by atoms with E-state index in [2.05, 4.69) is 38.1 Å². The smallest absolute Gasteiger partial charge is 0.119 e. The molecule has 0 radical (unpaired) electrons. The van der Waals surface area contributed by atoms with Crippen LogP contribution in [0.1, 0.15) is 65.5 Å². The molecule has 0 fully saturated rings. The van der Waals surface area contributed by atoms with E-state index < -0.39 is 0 Å². The molecule has 4 nitrogen and oxygen atoms in total. The molecule has 0 saturated heterocycles. The average Bonchev–Trinajstić information content (AvgIpc) is 2.82. The van der Waals surface area contributed by atoms with Crippen LogP contribution in [0.15, 0.2) is 73.2 Å². The van der Waals surface area contributed by atoms with Crippen LogP contribution in [0.3, 0.4) is 0 Å². The molecular weight excluding hydrogens is 412 g/mol. The van der Waals surface area contributed by atoms with Gasteiger partial charge in [-0.05, 0) is 63.1 Å². The maximum Gasteiger partial charge on any atom is 0.119 e. The van der Waals surface area contributed by atoms with Crippen LogP contribution in [0.4, 0.5) is 0 Å². The lowest BCUT2D eigenvalue weighted by molar-refractivity contribution is 0.131. The van der Waals surface area contributed by atoms with Crippen LogP contribution < -0.4 is 9.47 Å². The number of hydrogen-bond donors (Lipinski definition) is 0. The second kappa shape index (κ2) is 13.6. The molecule has 0 aromatic heterocycles. The summed E-state index contributed by atoms with van der Waals surface area (Å²) in [7, 11) is 0. The molecule has 2 aromatic carbocycles.